The van der Waals surface area contributed by atoms with Crippen LogP contribution in [-0.2, 0) is 29.0 Å². The third kappa shape index (κ3) is 5.83. The van der Waals surface area contributed by atoms with E-state index in [0.717, 1.165) is 48.9 Å². The number of alkyl halides is 3. The lowest BCUT2D eigenvalue weighted by atomic mass is 9.72. The molecule has 0 bridgehead atoms. The van der Waals surface area contributed by atoms with Crippen LogP contribution in [0.25, 0.3) is 21.8 Å². The van der Waals surface area contributed by atoms with Crippen molar-refractivity contribution in [3.05, 3.63) is 69.3 Å². The zero-order valence-corrected chi connectivity index (χ0v) is 25.4. The SMILES string of the molecule is Cc1c(CN2CCC3(CC2)CN(c2nc(=O)[nH]c4ccc(CC(F)(F)F)cc24)C3)ccc2c1cc(C#N)n2C[C@@H]1CNC(=O)CO1. The number of anilines is 1. The Morgan fingerprint density at radius 2 is 1.89 bits per heavy atom. The maximum Gasteiger partial charge on any atom is 0.393 e. The van der Waals surface area contributed by atoms with Crippen molar-refractivity contribution in [2.24, 2.45) is 5.41 Å². The van der Waals surface area contributed by atoms with Crippen molar-refractivity contribution in [2.45, 2.75) is 51.6 Å². The van der Waals surface area contributed by atoms with Crippen LogP contribution in [0.3, 0.4) is 0 Å². The molecule has 7 rings (SSSR count). The zero-order valence-electron chi connectivity index (χ0n) is 25.4. The van der Waals surface area contributed by atoms with Gasteiger partial charge in [0.05, 0.1) is 24.6 Å². The molecule has 13 heteroatoms. The highest BCUT2D eigenvalue weighted by molar-refractivity contribution is 5.90. The molecular weight excluding hydrogens is 599 g/mol. The van der Waals surface area contributed by atoms with Crippen molar-refractivity contribution in [3.63, 3.8) is 0 Å². The molecule has 5 heterocycles. The third-order valence-corrected chi connectivity index (χ3v) is 9.79. The van der Waals surface area contributed by atoms with Crippen LogP contribution in [0.1, 0.15) is 35.2 Å². The number of hydrogen-bond donors (Lipinski definition) is 2. The molecular formula is C33H34F3N7O3. The number of aromatic nitrogens is 3. The molecule has 2 aromatic heterocycles. The van der Waals surface area contributed by atoms with Gasteiger partial charge < -0.3 is 24.5 Å². The van der Waals surface area contributed by atoms with E-state index in [9.17, 15) is 28.0 Å². The quantitative estimate of drug-likeness (QED) is 0.332. The lowest BCUT2D eigenvalue weighted by molar-refractivity contribution is -0.133. The molecule has 0 aliphatic carbocycles. The first-order chi connectivity index (χ1) is 22.0. The Morgan fingerprint density at radius 1 is 1.11 bits per heavy atom. The summed E-state index contributed by atoms with van der Waals surface area (Å²) in [7, 11) is 0. The maximum atomic E-state index is 13.0. The smallest absolute Gasteiger partial charge is 0.365 e. The zero-order chi connectivity index (χ0) is 32.2. The highest BCUT2D eigenvalue weighted by Crippen LogP contribution is 2.44. The van der Waals surface area contributed by atoms with E-state index in [1.807, 2.05) is 15.5 Å². The number of hydrogen-bond acceptors (Lipinski definition) is 7. The Bertz CT molecular complexity index is 1920. The van der Waals surface area contributed by atoms with Gasteiger partial charge in [-0.2, -0.15) is 23.4 Å². The molecule has 0 saturated carbocycles. The molecule has 1 atom stereocenters. The molecule has 3 aliphatic heterocycles. The van der Waals surface area contributed by atoms with Crippen molar-refractivity contribution in [3.8, 4) is 6.07 Å². The van der Waals surface area contributed by atoms with Crippen LogP contribution in [0.2, 0.25) is 0 Å². The molecule has 0 radical (unpaired) electrons. The minimum atomic E-state index is -4.32. The van der Waals surface area contributed by atoms with Crippen molar-refractivity contribution >= 4 is 33.5 Å². The second kappa shape index (κ2) is 11.4. The van der Waals surface area contributed by atoms with Crippen LogP contribution in [-0.4, -0.2) is 77.0 Å². The van der Waals surface area contributed by atoms with Gasteiger partial charge in [0.15, 0.2) is 0 Å². The number of morpholine rings is 1. The first-order valence-electron chi connectivity index (χ1n) is 15.5. The molecule has 0 unspecified atom stereocenters. The molecule has 1 spiro atoms. The number of aryl methyl sites for hydroxylation is 1. The number of fused-ring (bicyclic) bond motifs is 2. The van der Waals surface area contributed by atoms with Crippen molar-refractivity contribution in [2.75, 3.05) is 44.2 Å². The summed E-state index contributed by atoms with van der Waals surface area (Å²) in [4.78, 5) is 35.0. The van der Waals surface area contributed by atoms with Gasteiger partial charge in [0, 0.05) is 47.9 Å². The number of nitriles is 1. The summed E-state index contributed by atoms with van der Waals surface area (Å²) >= 11 is 0. The second-order valence-electron chi connectivity index (χ2n) is 12.9. The van der Waals surface area contributed by atoms with Crippen molar-refractivity contribution in [1.82, 2.24) is 24.8 Å². The molecule has 240 valence electrons. The van der Waals surface area contributed by atoms with Crippen LogP contribution in [0.5, 0.6) is 0 Å². The Kier molecular flexibility index (Phi) is 7.52. The number of aromatic amines is 1. The third-order valence-electron chi connectivity index (χ3n) is 9.79. The van der Waals surface area contributed by atoms with Crippen molar-refractivity contribution < 1.29 is 22.7 Å². The predicted molar refractivity (Wildman–Crippen MR) is 165 cm³/mol. The van der Waals surface area contributed by atoms with Crippen molar-refractivity contribution in [1.29, 1.82) is 5.26 Å². The van der Waals surface area contributed by atoms with Gasteiger partial charge in [-0.15, -0.1) is 0 Å². The number of piperidine rings is 1. The molecule has 3 fully saturated rings. The van der Waals surface area contributed by atoms with E-state index in [4.69, 9.17) is 4.74 Å². The van der Waals surface area contributed by atoms with Gasteiger partial charge in [0.2, 0.25) is 5.91 Å². The van der Waals surface area contributed by atoms with Gasteiger partial charge in [-0.3, -0.25) is 9.69 Å². The lowest BCUT2D eigenvalue weighted by Gasteiger charge is -2.54. The molecule has 3 aliphatic rings. The number of carbonyl (C=O) groups is 1. The summed E-state index contributed by atoms with van der Waals surface area (Å²) in [5.41, 5.74) is 4.06. The normalized spacial score (nSPS) is 20.2. The predicted octanol–water partition coefficient (Wildman–Crippen LogP) is 3.78. The van der Waals surface area contributed by atoms with E-state index in [2.05, 4.69) is 45.3 Å². The number of nitrogens with one attached hydrogen (secondary N) is 2. The fraction of sp³-hybridized carbons (Fsp3) is 0.455. The molecule has 2 N–H and O–H groups in total. The van der Waals surface area contributed by atoms with Crippen LogP contribution in [0, 0.1) is 23.7 Å². The van der Waals surface area contributed by atoms with E-state index in [0.29, 0.717) is 48.6 Å². The van der Waals surface area contributed by atoms with Crippen LogP contribution < -0.4 is 15.9 Å². The van der Waals surface area contributed by atoms with Gasteiger partial charge in [0.1, 0.15) is 24.2 Å². The first kappa shape index (κ1) is 30.3. The average Bonchev–Trinajstić information content (AvgIpc) is 3.36. The number of benzene rings is 2. The van der Waals surface area contributed by atoms with E-state index < -0.39 is 18.3 Å². The Hall–Kier alpha value is -4.41. The van der Waals surface area contributed by atoms with Gasteiger partial charge in [-0.1, -0.05) is 12.1 Å². The molecule has 3 saturated heterocycles. The van der Waals surface area contributed by atoms with Crippen LogP contribution in [0.4, 0.5) is 19.0 Å². The van der Waals surface area contributed by atoms with E-state index in [-0.39, 0.29) is 29.6 Å². The topological polar surface area (TPSA) is 119 Å². The highest BCUT2D eigenvalue weighted by Gasteiger charge is 2.46. The summed E-state index contributed by atoms with van der Waals surface area (Å²) in [6.45, 7) is 7.01. The molecule has 10 nitrogen and oxygen atoms in total. The standard InChI is InChI=1S/C33H34F3N7O3/c1-20-22(3-5-28-25(20)11-23(13-37)43(28)16-24-14-38-29(44)17-46-24)15-41-8-6-32(7-9-41)18-42(19-32)30-26-10-21(12-33(34,35)36)2-4-27(26)39-31(45)40-30/h2-5,10-11,24H,6-9,12,14-19H2,1H3,(H,38,44)(H,39,40,45)/t24-/m0/s1. The minimum Gasteiger partial charge on any atom is -0.365 e. The molecule has 4 aromatic rings. The summed E-state index contributed by atoms with van der Waals surface area (Å²) < 4.78 is 46.8. The van der Waals surface area contributed by atoms with E-state index in [1.54, 1.807) is 0 Å². The number of halogens is 3. The number of nitrogens with zero attached hydrogens (tertiary/aromatic N) is 5. The lowest BCUT2D eigenvalue weighted by Crippen LogP contribution is -2.60. The minimum absolute atomic E-state index is 0.0240. The maximum absolute atomic E-state index is 13.0. The highest BCUT2D eigenvalue weighted by atomic mass is 19.4. The molecule has 1 amide bonds. The summed E-state index contributed by atoms with van der Waals surface area (Å²) in [6, 6.07) is 12.9. The average molecular weight is 634 g/mol. The summed E-state index contributed by atoms with van der Waals surface area (Å²) in [5, 5.41) is 14.2. The summed E-state index contributed by atoms with van der Waals surface area (Å²) in [5.74, 6) is 0.316. The number of carbonyl (C=O) groups excluding carboxylic acids is 1. The second-order valence-corrected chi connectivity index (χ2v) is 12.9. The van der Waals surface area contributed by atoms with Gasteiger partial charge in [-0.05, 0) is 73.8 Å². The summed E-state index contributed by atoms with van der Waals surface area (Å²) in [6.07, 6.45) is -3.61. The Labute approximate surface area is 262 Å². The van der Waals surface area contributed by atoms with E-state index in [1.165, 1.54) is 23.8 Å². The fourth-order valence-corrected chi connectivity index (χ4v) is 7.26. The number of H-pyrrole nitrogens is 1. The number of rotatable bonds is 6. The fourth-order valence-electron chi connectivity index (χ4n) is 7.26. The number of likely N-dealkylation sites (tertiary alicyclic amines) is 1. The van der Waals surface area contributed by atoms with Gasteiger partial charge in [-0.25, -0.2) is 4.79 Å². The Balaban J connectivity index is 1.01. The number of ether oxygens (including phenoxy) is 1. The monoisotopic (exact) mass is 633 g/mol. The van der Waals surface area contributed by atoms with E-state index >= 15 is 0 Å². The van der Waals surface area contributed by atoms with Crippen LogP contribution in [0.15, 0.2) is 41.2 Å². The van der Waals surface area contributed by atoms with Gasteiger partial charge in [0.25, 0.3) is 0 Å². The largest absolute Gasteiger partial charge is 0.393 e. The number of amides is 1. The molecule has 46 heavy (non-hydrogen) atoms. The Morgan fingerprint density at radius 3 is 2.59 bits per heavy atom. The first-order valence-corrected chi connectivity index (χ1v) is 15.5. The van der Waals surface area contributed by atoms with Gasteiger partial charge >= 0.3 is 11.9 Å². The molecule has 2 aromatic carbocycles. The van der Waals surface area contributed by atoms with Crippen LogP contribution >= 0.6 is 0 Å².